The number of anilines is 1. The third kappa shape index (κ3) is 5.21. The molecule has 1 unspecified atom stereocenters. The van der Waals surface area contributed by atoms with E-state index in [4.69, 9.17) is 21.1 Å². The van der Waals surface area contributed by atoms with Crippen molar-refractivity contribution in [3.8, 4) is 11.5 Å². The van der Waals surface area contributed by atoms with E-state index in [1.807, 2.05) is 30.3 Å². The van der Waals surface area contributed by atoms with Crippen LogP contribution in [0.3, 0.4) is 0 Å². The quantitative estimate of drug-likeness (QED) is 0.494. The highest BCUT2D eigenvalue weighted by Gasteiger charge is 2.33. The van der Waals surface area contributed by atoms with Crippen LogP contribution in [0.5, 0.6) is 11.5 Å². The SMILES string of the molecule is CC(C(=O)NCc1ccccc1)N1C(=O)COc2ccc(C(=O)COc3ccccc3Cl)cc21. The molecule has 8 heteroatoms. The molecule has 0 aromatic heterocycles. The molecule has 2 amide bonds. The van der Waals surface area contributed by atoms with Gasteiger partial charge in [0.15, 0.2) is 19.0 Å². The minimum atomic E-state index is -0.802. The molecule has 0 spiro atoms. The lowest BCUT2D eigenvalue weighted by Crippen LogP contribution is -2.51. The van der Waals surface area contributed by atoms with E-state index in [0.29, 0.717) is 34.3 Å². The van der Waals surface area contributed by atoms with Crippen molar-refractivity contribution in [1.82, 2.24) is 5.32 Å². The summed E-state index contributed by atoms with van der Waals surface area (Å²) in [5.74, 6) is -0.164. The van der Waals surface area contributed by atoms with Crippen LogP contribution >= 0.6 is 11.6 Å². The maximum atomic E-state index is 12.8. The van der Waals surface area contributed by atoms with Crippen LogP contribution in [0.25, 0.3) is 0 Å². The Hall–Kier alpha value is -3.84. The van der Waals surface area contributed by atoms with Crippen LogP contribution in [0.4, 0.5) is 5.69 Å². The highest BCUT2D eigenvalue weighted by Crippen LogP contribution is 2.34. The lowest BCUT2D eigenvalue weighted by molar-refractivity contribution is -0.127. The van der Waals surface area contributed by atoms with Crippen molar-refractivity contribution in [2.24, 2.45) is 0 Å². The van der Waals surface area contributed by atoms with E-state index in [9.17, 15) is 14.4 Å². The Morgan fingerprint density at radius 3 is 2.59 bits per heavy atom. The highest BCUT2D eigenvalue weighted by molar-refractivity contribution is 6.32. The van der Waals surface area contributed by atoms with Crippen LogP contribution in [0.2, 0.25) is 5.02 Å². The van der Waals surface area contributed by atoms with Crippen LogP contribution in [-0.2, 0) is 16.1 Å². The Morgan fingerprint density at radius 2 is 1.82 bits per heavy atom. The van der Waals surface area contributed by atoms with Crippen molar-refractivity contribution < 1.29 is 23.9 Å². The van der Waals surface area contributed by atoms with E-state index >= 15 is 0 Å². The van der Waals surface area contributed by atoms with Crippen molar-refractivity contribution >= 4 is 34.9 Å². The first-order chi connectivity index (χ1) is 16.4. The first-order valence-corrected chi connectivity index (χ1v) is 11.1. The second-order valence-corrected chi connectivity index (χ2v) is 8.16. The first kappa shape index (κ1) is 23.3. The number of carbonyl (C=O) groups is 3. The first-order valence-electron chi connectivity index (χ1n) is 10.7. The number of rotatable bonds is 8. The Balaban J connectivity index is 1.49. The average Bonchev–Trinajstić information content (AvgIpc) is 2.86. The van der Waals surface area contributed by atoms with Gasteiger partial charge in [-0.15, -0.1) is 0 Å². The van der Waals surface area contributed by atoms with Gasteiger partial charge in [-0.3, -0.25) is 19.3 Å². The number of ether oxygens (including phenoxy) is 2. The number of ketones is 1. The molecule has 0 fully saturated rings. The Bertz CT molecular complexity index is 1210. The maximum absolute atomic E-state index is 12.8. The van der Waals surface area contributed by atoms with E-state index in [1.165, 1.54) is 4.90 Å². The number of hydrogen-bond donors (Lipinski definition) is 1. The molecule has 174 valence electrons. The fraction of sp³-hybridized carbons (Fsp3) is 0.192. The number of carbonyl (C=O) groups excluding carboxylic acids is 3. The van der Waals surface area contributed by atoms with Crippen molar-refractivity contribution in [2.45, 2.75) is 19.5 Å². The lowest BCUT2D eigenvalue weighted by atomic mass is 10.1. The van der Waals surface area contributed by atoms with Gasteiger partial charge in [0.25, 0.3) is 5.91 Å². The standard InChI is InChI=1S/C26H23ClN2O5/c1-17(26(32)28-14-18-7-3-2-4-8-18)29-21-13-19(11-12-24(21)34-16-25(29)31)22(30)15-33-23-10-6-5-9-20(23)27/h2-13,17H,14-16H2,1H3,(H,28,32). The molecular formula is C26H23ClN2O5. The van der Waals surface area contributed by atoms with Crippen LogP contribution in [0, 0.1) is 0 Å². The summed E-state index contributed by atoms with van der Waals surface area (Å²) >= 11 is 6.08. The summed E-state index contributed by atoms with van der Waals surface area (Å²) < 4.78 is 11.1. The second kappa shape index (κ2) is 10.4. The van der Waals surface area contributed by atoms with Crippen molar-refractivity contribution in [2.75, 3.05) is 18.1 Å². The fourth-order valence-electron chi connectivity index (χ4n) is 3.61. The van der Waals surface area contributed by atoms with Gasteiger partial charge in [0.05, 0.1) is 10.7 Å². The summed E-state index contributed by atoms with van der Waals surface area (Å²) in [5, 5.41) is 3.26. The Kier molecular flexibility index (Phi) is 7.13. The van der Waals surface area contributed by atoms with Gasteiger partial charge in [0, 0.05) is 12.1 Å². The summed E-state index contributed by atoms with van der Waals surface area (Å²) in [6, 6.07) is 20.3. The van der Waals surface area contributed by atoms with Crippen LogP contribution in [0.15, 0.2) is 72.8 Å². The lowest BCUT2D eigenvalue weighted by Gasteiger charge is -2.33. The number of nitrogens with one attached hydrogen (secondary N) is 1. The van der Waals surface area contributed by atoms with Gasteiger partial charge in [0.1, 0.15) is 17.5 Å². The number of halogens is 1. The van der Waals surface area contributed by atoms with Gasteiger partial charge in [-0.25, -0.2) is 0 Å². The normalized spacial score (nSPS) is 13.5. The molecule has 0 bridgehead atoms. The molecule has 1 N–H and O–H groups in total. The van der Waals surface area contributed by atoms with Gasteiger partial charge in [0.2, 0.25) is 5.91 Å². The van der Waals surface area contributed by atoms with E-state index in [0.717, 1.165) is 5.56 Å². The van der Waals surface area contributed by atoms with Crippen molar-refractivity contribution in [3.63, 3.8) is 0 Å². The zero-order chi connectivity index (χ0) is 24.1. The summed E-state index contributed by atoms with van der Waals surface area (Å²) in [6.45, 7) is 1.56. The number of fused-ring (bicyclic) bond motifs is 1. The summed E-state index contributed by atoms with van der Waals surface area (Å²) in [6.07, 6.45) is 0. The average molecular weight is 479 g/mol. The van der Waals surface area contributed by atoms with Gasteiger partial charge < -0.3 is 14.8 Å². The molecule has 1 aliphatic rings. The van der Waals surface area contributed by atoms with Crippen LogP contribution in [0.1, 0.15) is 22.8 Å². The zero-order valence-electron chi connectivity index (χ0n) is 18.5. The fourth-order valence-corrected chi connectivity index (χ4v) is 3.80. The molecule has 1 heterocycles. The number of amides is 2. The summed E-state index contributed by atoms with van der Waals surface area (Å²) in [4.78, 5) is 39.7. The predicted molar refractivity (Wildman–Crippen MR) is 128 cm³/mol. The van der Waals surface area contributed by atoms with E-state index < -0.39 is 6.04 Å². The molecule has 7 nitrogen and oxygen atoms in total. The minimum absolute atomic E-state index is 0.188. The van der Waals surface area contributed by atoms with E-state index in [1.54, 1.807) is 49.4 Å². The molecule has 1 aliphatic heterocycles. The third-order valence-electron chi connectivity index (χ3n) is 5.43. The van der Waals surface area contributed by atoms with Gasteiger partial charge in [-0.2, -0.15) is 0 Å². The summed E-state index contributed by atoms with van der Waals surface area (Å²) in [5.41, 5.74) is 1.64. The third-order valence-corrected chi connectivity index (χ3v) is 5.74. The van der Waals surface area contributed by atoms with Gasteiger partial charge in [-0.1, -0.05) is 54.1 Å². The van der Waals surface area contributed by atoms with Crippen LogP contribution < -0.4 is 19.7 Å². The number of hydrogen-bond acceptors (Lipinski definition) is 5. The number of Topliss-reactive ketones (excluding diaryl/α,β-unsaturated/α-hetero) is 1. The number of para-hydroxylation sites is 1. The van der Waals surface area contributed by atoms with Crippen molar-refractivity contribution in [1.29, 1.82) is 0 Å². The minimum Gasteiger partial charge on any atom is -0.484 e. The van der Waals surface area contributed by atoms with E-state index in [-0.39, 0.29) is 30.8 Å². The molecule has 0 saturated heterocycles. The monoisotopic (exact) mass is 478 g/mol. The maximum Gasteiger partial charge on any atom is 0.265 e. The molecule has 3 aromatic carbocycles. The van der Waals surface area contributed by atoms with Gasteiger partial charge >= 0.3 is 0 Å². The molecule has 0 radical (unpaired) electrons. The number of benzene rings is 3. The molecule has 0 aliphatic carbocycles. The largest absolute Gasteiger partial charge is 0.484 e. The Labute approximate surface area is 202 Å². The Morgan fingerprint density at radius 1 is 1.09 bits per heavy atom. The molecule has 4 rings (SSSR count). The molecule has 3 aromatic rings. The summed E-state index contributed by atoms with van der Waals surface area (Å²) in [7, 11) is 0. The van der Waals surface area contributed by atoms with Crippen molar-refractivity contribution in [3.05, 3.63) is 88.9 Å². The molecule has 34 heavy (non-hydrogen) atoms. The highest BCUT2D eigenvalue weighted by atomic mass is 35.5. The number of nitrogens with zero attached hydrogens (tertiary/aromatic N) is 1. The molecular weight excluding hydrogens is 456 g/mol. The smallest absolute Gasteiger partial charge is 0.265 e. The molecule has 1 atom stereocenters. The van der Waals surface area contributed by atoms with Crippen LogP contribution in [-0.4, -0.2) is 36.9 Å². The van der Waals surface area contributed by atoms with Gasteiger partial charge in [-0.05, 0) is 42.8 Å². The zero-order valence-corrected chi connectivity index (χ0v) is 19.2. The molecule has 0 saturated carbocycles. The van der Waals surface area contributed by atoms with E-state index in [2.05, 4.69) is 5.32 Å². The second-order valence-electron chi connectivity index (χ2n) is 7.76. The topological polar surface area (TPSA) is 84.9 Å². The predicted octanol–water partition coefficient (Wildman–Crippen LogP) is 4.03.